The molecule has 0 radical (unpaired) electrons. The fourth-order valence-electron chi connectivity index (χ4n) is 1.79. The number of rotatable bonds is 12. The van der Waals surface area contributed by atoms with Crippen molar-refractivity contribution in [3.05, 3.63) is 12.8 Å². The zero-order valence-electron chi connectivity index (χ0n) is 12.3. The summed E-state index contributed by atoms with van der Waals surface area (Å²) in [5, 5.41) is 13.3. The summed E-state index contributed by atoms with van der Waals surface area (Å²) < 4.78 is 5.05. The topological polar surface area (TPSA) is 57.4 Å². The molecule has 0 heterocycles. The van der Waals surface area contributed by atoms with Crippen LogP contribution in [-0.4, -0.2) is 52.5 Å². The van der Waals surface area contributed by atoms with Crippen LogP contribution in [0.5, 0.6) is 0 Å². The molecule has 0 saturated heterocycles. The molecule has 0 aromatic carbocycles. The molecule has 0 aliphatic heterocycles. The number of hydrogen-bond donors (Lipinski definition) is 4. The van der Waals surface area contributed by atoms with Crippen molar-refractivity contribution in [3.8, 4) is 0 Å². The molecule has 5 heteroatoms. The summed E-state index contributed by atoms with van der Waals surface area (Å²) in [6, 6.07) is 0.475. The number of ether oxygens (including phenoxy) is 1. The SMILES string of the molecule is C=COCCNCCC(CC(C)(NC)NC)NC. The van der Waals surface area contributed by atoms with E-state index in [1.54, 1.807) is 0 Å². The van der Waals surface area contributed by atoms with E-state index in [4.69, 9.17) is 4.74 Å². The zero-order valence-corrected chi connectivity index (χ0v) is 12.3. The molecule has 0 aromatic heterocycles. The zero-order chi connectivity index (χ0) is 13.9. The summed E-state index contributed by atoms with van der Waals surface area (Å²) in [6.07, 6.45) is 3.59. The van der Waals surface area contributed by atoms with Gasteiger partial charge in [0.05, 0.1) is 18.5 Å². The van der Waals surface area contributed by atoms with Gasteiger partial charge in [-0.15, -0.1) is 0 Å². The van der Waals surface area contributed by atoms with Crippen molar-refractivity contribution in [1.82, 2.24) is 21.3 Å². The Morgan fingerprint density at radius 3 is 2.39 bits per heavy atom. The van der Waals surface area contributed by atoms with Crippen molar-refractivity contribution < 1.29 is 4.74 Å². The quantitative estimate of drug-likeness (QED) is 0.230. The van der Waals surface area contributed by atoms with Gasteiger partial charge >= 0.3 is 0 Å². The van der Waals surface area contributed by atoms with Crippen LogP contribution in [0.3, 0.4) is 0 Å². The lowest BCUT2D eigenvalue weighted by Gasteiger charge is -2.33. The third-order valence-electron chi connectivity index (χ3n) is 3.35. The second kappa shape index (κ2) is 10.3. The van der Waals surface area contributed by atoms with Crippen LogP contribution in [0, 0.1) is 0 Å². The van der Waals surface area contributed by atoms with Crippen LogP contribution in [-0.2, 0) is 4.74 Å². The van der Waals surface area contributed by atoms with Crippen molar-refractivity contribution in [1.29, 1.82) is 0 Å². The van der Waals surface area contributed by atoms with Crippen LogP contribution in [0.25, 0.3) is 0 Å². The molecule has 0 aliphatic carbocycles. The lowest BCUT2D eigenvalue weighted by atomic mass is 10.00. The van der Waals surface area contributed by atoms with E-state index in [9.17, 15) is 0 Å². The highest BCUT2D eigenvalue weighted by molar-refractivity contribution is 4.83. The van der Waals surface area contributed by atoms with E-state index < -0.39 is 0 Å². The fraction of sp³-hybridized carbons (Fsp3) is 0.846. The maximum absolute atomic E-state index is 5.05. The molecular weight excluding hydrogens is 228 g/mol. The first-order valence-corrected chi connectivity index (χ1v) is 6.60. The maximum atomic E-state index is 5.05. The van der Waals surface area contributed by atoms with E-state index in [0.29, 0.717) is 12.6 Å². The smallest absolute Gasteiger partial charge is 0.0997 e. The first kappa shape index (κ1) is 17.4. The Morgan fingerprint density at radius 2 is 1.89 bits per heavy atom. The molecular formula is C13H30N4O. The highest BCUT2D eigenvalue weighted by atomic mass is 16.5. The van der Waals surface area contributed by atoms with Gasteiger partial charge in [-0.1, -0.05) is 6.58 Å². The van der Waals surface area contributed by atoms with Gasteiger partial charge in [0.15, 0.2) is 0 Å². The van der Waals surface area contributed by atoms with Gasteiger partial charge < -0.3 is 26.0 Å². The summed E-state index contributed by atoms with van der Waals surface area (Å²) in [7, 11) is 5.97. The average Bonchev–Trinajstić information content (AvgIpc) is 2.41. The van der Waals surface area contributed by atoms with Crippen LogP contribution in [0.2, 0.25) is 0 Å². The van der Waals surface area contributed by atoms with E-state index in [2.05, 4.69) is 34.8 Å². The van der Waals surface area contributed by atoms with Crippen molar-refractivity contribution >= 4 is 0 Å². The Balaban J connectivity index is 3.79. The summed E-state index contributed by atoms with van der Waals surface area (Å²) in [5.41, 5.74) is -0.0281. The van der Waals surface area contributed by atoms with Gasteiger partial charge in [-0.25, -0.2) is 0 Å². The first-order valence-electron chi connectivity index (χ1n) is 6.60. The molecule has 0 bridgehead atoms. The van der Waals surface area contributed by atoms with Crippen molar-refractivity contribution in [3.63, 3.8) is 0 Å². The van der Waals surface area contributed by atoms with E-state index in [1.165, 1.54) is 6.26 Å². The molecule has 0 spiro atoms. The van der Waals surface area contributed by atoms with Crippen LogP contribution in [0.1, 0.15) is 19.8 Å². The molecule has 0 aromatic rings. The minimum absolute atomic E-state index is 0.0281. The third-order valence-corrected chi connectivity index (χ3v) is 3.35. The van der Waals surface area contributed by atoms with Crippen molar-refractivity contribution in [2.75, 3.05) is 40.8 Å². The molecule has 108 valence electrons. The Bertz CT molecular complexity index is 207. The standard InChI is InChI=1S/C13H30N4O/c1-6-18-10-9-17-8-7-12(14-3)11-13(2,15-4)16-5/h6,12,14-17H,1,7-11H2,2-5H3. The van der Waals surface area contributed by atoms with Crippen LogP contribution in [0.15, 0.2) is 12.8 Å². The summed E-state index contributed by atoms with van der Waals surface area (Å²) >= 11 is 0. The highest BCUT2D eigenvalue weighted by Gasteiger charge is 2.23. The maximum Gasteiger partial charge on any atom is 0.0997 e. The van der Waals surface area contributed by atoms with Crippen LogP contribution < -0.4 is 21.3 Å². The number of nitrogens with one attached hydrogen (secondary N) is 4. The molecule has 0 fully saturated rings. The molecule has 0 rings (SSSR count). The lowest BCUT2D eigenvalue weighted by molar-refractivity contribution is 0.243. The molecule has 0 amide bonds. The normalized spacial score (nSPS) is 13.3. The number of hydrogen-bond acceptors (Lipinski definition) is 5. The summed E-state index contributed by atoms with van der Waals surface area (Å²) in [6.45, 7) is 8.19. The molecule has 1 unspecified atom stereocenters. The monoisotopic (exact) mass is 258 g/mol. The second-order valence-electron chi connectivity index (χ2n) is 4.60. The highest BCUT2D eigenvalue weighted by Crippen LogP contribution is 2.09. The predicted molar refractivity (Wildman–Crippen MR) is 77.6 cm³/mol. The molecule has 0 saturated carbocycles. The third kappa shape index (κ3) is 7.66. The largest absolute Gasteiger partial charge is 0.500 e. The average molecular weight is 258 g/mol. The minimum atomic E-state index is -0.0281. The van der Waals surface area contributed by atoms with Gasteiger partial charge in [0.25, 0.3) is 0 Å². The lowest BCUT2D eigenvalue weighted by Crippen LogP contribution is -2.54. The van der Waals surface area contributed by atoms with Crippen LogP contribution in [0.4, 0.5) is 0 Å². The van der Waals surface area contributed by atoms with E-state index in [0.717, 1.165) is 25.9 Å². The Morgan fingerprint density at radius 1 is 1.22 bits per heavy atom. The van der Waals surface area contributed by atoms with E-state index in [1.807, 2.05) is 21.1 Å². The molecule has 0 aliphatic rings. The van der Waals surface area contributed by atoms with E-state index in [-0.39, 0.29) is 5.66 Å². The van der Waals surface area contributed by atoms with Gasteiger partial charge in [-0.05, 0) is 47.5 Å². The molecule has 18 heavy (non-hydrogen) atoms. The van der Waals surface area contributed by atoms with Gasteiger partial charge in [0, 0.05) is 12.6 Å². The van der Waals surface area contributed by atoms with Crippen molar-refractivity contribution in [2.24, 2.45) is 0 Å². The Kier molecular flexibility index (Phi) is 9.96. The Hall–Kier alpha value is -0.620. The molecule has 1 atom stereocenters. The molecule has 4 N–H and O–H groups in total. The van der Waals surface area contributed by atoms with Gasteiger partial charge in [-0.2, -0.15) is 0 Å². The second-order valence-corrected chi connectivity index (χ2v) is 4.60. The fourth-order valence-corrected chi connectivity index (χ4v) is 1.79. The van der Waals surface area contributed by atoms with E-state index >= 15 is 0 Å². The predicted octanol–water partition coefficient (Wildman–Crippen LogP) is 0.259. The Labute approximate surface area is 112 Å². The van der Waals surface area contributed by atoms with Gasteiger partial charge in [0.1, 0.15) is 0 Å². The molecule has 5 nitrogen and oxygen atoms in total. The van der Waals surface area contributed by atoms with Gasteiger partial charge in [-0.3, -0.25) is 0 Å². The van der Waals surface area contributed by atoms with Crippen molar-refractivity contribution in [2.45, 2.75) is 31.5 Å². The first-order chi connectivity index (χ1) is 8.61. The minimum Gasteiger partial charge on any atom is -0.500 e. The van der Waals surface area contributed by atoms with Gasteiger partial charge in [0.2, 0.25) is 0 Å². The van der Waals surface area contributed by atoms with Crippen LogP contribution >= 0.6 is 0 Å². The summed E-state index contributed by atoms with van der Waals surface area (Å²) in [5.74, 6) is 0. The summed E-state index contributed by atoms with van der Waals surface area (Å²) in [4.78, 5) is 0.